The summed E-state index contributed by atoms with van der Waals surface area (Å²) in [7, 11) is 0. The Hall–Kier alpha value is -2.44. The van der Waals surface area contributed by atoms with E-state index in [1.165, 1.54) is 12.1 Å². The summed E-state index contributed by atoms with van der Waals surface area (Å²) in [5.41, 5.74) is 0.718. The van der Waals surface area contributed by atoms with Crippen LogP contribution < -0.4 is 0 Å². The first-order valence-corrected chi connectivity index (χ1v) is 7.52. The van der Waals surface area contributed by atoms with Crippen LogP contribution in [0.5, 0.6) is 0 Å². The van der Waals surface area contributed by atoms with Crippen molar-refractivity contribution in [1.82, 2.24) is 4.90 Å². The SMILES string of the molecule is CC(C)CN(CCC(=O)O)C(=O)CCc1cccc([N+](=O)[O-])c1. The first-order valence-electron chi connectivity index (χ1n) is 7.52. The van der Waals surface area contributed by atoms with E-state index >= 15 is 0 Å². The standard InChI is InChI=1S/C16H22N2O5/c1-12(2)11-17(9-8-16(20)21)15(19)7-6-13-4-3-5-14(10-13)18(22)23/h3-5,10,12H,6-9,11H2,1-2H3,(H,20,21). The number of amides is 1. The lowest BCUT2D eigenvalue weighted by Crippen LogP contribution is -2.36. The van der Waals surface area contributed by atoms with Gasteiger partial charge in [-0.1, -0.05) is 26.0 Å². The number of non-ortho nitro benzene ring substituents is 1. The van der Waals surface area contributed by atoms with Gasteiger partial charge in [-0.2, -0.15) is 0 Å². The van der Waals surface area contributed by atoms with E-state index in [0.29, 0.717) is 13.0 Å². The third-order valence-corrected chi connectivity index (χ3v) is 3.28. The van der Waals surface area contributed by atoms with Crippen LogP contribution in [0.2, 0.25) is 0 Å². The molecule has 0 aliphatic heterocycles. The Bertz CT molecular complexity index is 571. The molecule has 0 saturated carbocycles. The highest BCUT2D eigenvalue weighted by molar-refractivity contribution is 5.77. The summed E-state index contributed by atoms with van der Waals surface area (Å²) in [6.45, 7) is 4.60. The third kappa shape index (κ3) is 6.90. The molecule has 1 N–H and O–H groups in total. The zero-order valence-corrected chi connectivity index (χ0v) is 13.4. The second-order valence-electron chi connectivity index (χ2n) is 5.80. The minimum atomic E-state index is -0.940. The predicted molar refractivity (Wildman–Crippen MR) is 85.1 cm³/mol. The highest BCUT2D eigenvalue weighted by Crippen LogP contribution is 2.15. The fourth-order valence-corrected chi connectivity index (χ4v) is 2.22. The van der Waals surface area contributed by atoms with Crippen LogP contribution in [0, 0.1) is 16.0 Å². The molecule has 0 heterocycles. The molecular formula is C16H22N2O5. The van der Waals surface area contributed by atoms with Crippen LogP contribution in [0.15, 0.2) is 24.3 Å². The second kappa shape index (κ2) is 8.87. The van der Waals surface area contributed by atoms with Gasteiger partial charge in [0.1, 0.15) is 0 Å². The minimum absolute atomic E-state index is 0.000127. The predicted octanol–water partition coefficient (Wildman–Crippen LogP) is 2.49. The first-order chi connectivity index (χ1) is 10.8. The molecule has 0 fully saturated rings. The topological polar surface area (TPSA) is 101 Å². The first kappa shape index (κ1) is 18.6. The maximum Gasteiger partial charge on any atom is 0.305 e. The van der Waals surface area contributed by atoms with Gasteiger partial charge >= 0.3 is 5.97 Å². The largest absolute Gasteiger partial charge is 0.481 e. The Morgan fingerprint density at radius 2 is 2.00 bits per heavy atom. The summed E-state index contributed by atoms with van der Waals surface area (Å²) >= 11 is 0. The molecule has 7 nitrogen and oxygen atoms in total. The van der Waals surface area contributed by atoms with E-state index in [0.717, 1.165) is 5.56 Å². The molecule has 23 heavy (non-hydrogen) atoms. The monoisotopic (exact) mass is 322 g/mol. The van der Waals surface area contributed by atoms with Gasteiger partial charge in [0.15, 0.2) is 0 Å². The van der Waals surface area contributed by atoms with Crippen LogP contribution in [0.1, 0.15) is 32.3 Å². The maximum absolute atomic E-state index is 12.3. The van der Waals surface area contributed by atoms with Crippen molar-refractivity contribution in [3.8, 4) is 0 Å². The van der Waals surface area contributed by atoms with Gasteiger partial charge < -0.3 is 10.0 Å². The summed E-state index contributed by atoms with van der Waals surface area (Å²) in [6.07, 6.45) is 0.505. The van der Waals surface area contributed by atoms with E-state index < -0.39 is 10.9 Å². The molecule has 1 rings (SSSR count). The van der Waals surface area contributed by atoms with Gasteiger partial charge in [0.05, 0.1) is 11.3 Å². The van der Waals surface area contributed by atoms with E-state index in [9.17, 15) is 19.7 Å². The van der Waals surface area contributed by atoms with Crippen molar-refractivity contribution in [2.24, 2.45) is 5.92 Å². The number of carbonyl (C=O) groups excluding carboxylic acids is 1. The summed E-state index contributed by atoms with van der Waals surface area (Å²) in [4.78, 5) is 34.8. The summed E-state index contributed by atoms with van der Waals surface area (Å²) in [6, 6.07) is 6.19. The summed E-state index contributed by atoms with van der Waals surface area (Å²) in [5, 5.41) is 19.5. The smallest absolute Gasteiger partial charge is 0.305 e. The lowest BCUT2D eigenvalue weighted by Gasteiger charge is -2.24. The molecule has 0 spiro atoms. The van der Waals surface area contributed by atoms with Gasteiger partial charge in [-0.3, -0.25) is 19.7 Å². The Balaban J connectivity index is 2.65. The number of rotatable bonds is 9. The zero-order chi connectivity index (χ0) is 17.4. The van der Waals surface area contributed by atoms with Crippen molar-refractivity contribution >= 4 is 17.6 Å². The number of hydrogen-bond donors (Lipinski definition) is 1. The third-order valence-electron chi connectivity index (χ3n) is 3.28. The number of benzene rings is 1. The molecule has 126 valence electrons. The molecule has 0 saturated heterocycles. The molecule has 0 atom stereocenters. The molecule has 0 radical (unpaired) electrons. The Morgan fingerprint density at radius 3 is 2.57 bits per heavy atom. The Labute approximate surface area is 135 Å². The maximum atomic E-state index is 12.3. The average Bonchev–Trinajstić information content (AvgIpc) is 2.48. The quantitative estimate of drug-likeness (QED) is 0.556. The Morgan fingerprint density at radius 1 is 1.30 bits per heavy atom. The normalized spacial score (nSPS) is 10.6. The molecule has 0 bridgehead atoms. The summed E-state index contributed by atoms with van der Waals surface area (Å²) in [5.74, 6) is -0.831. The van der Waals surface area contributed by atoms with Crippen molar-refractivity contribution in [2.75, 3.05) is 13.1 Å². The molecule has 0 aliphatic rings. The fourth-order valence-electron chi connectivity index (χ4n) is 2.22. The van der Waals surface area contributed by atoms with E-state index in [1.807, 2.05) is 13.8 Å². The van der Waals surface area contributed by atoms with Crippen molar-refractivity contribution in [3.05, 3.63) is 39.9 Å². The zero-order valence-electron chi connectivity index (χ0n) is 13.4. The van der Waals surface area contributed by atoms with Crippen LogP contribution >= 0.6 is 0 Å². The van der Waals surface area contributed by atoms with E-state index in [-0.39, 0.29) is 36.9 Å². The highest BCUT2D eigenvalue weighted by Gasteiger charge is 2.16. The van der Waals surface area contributed by atoms with E-state index in [4.69, 9.17) is 5.11 Å². The Kier molecular flexibility index (Phi) is 7.18. The lowest BCUT2D eigenvalue weighted by molar-refractivity contribution is -0.384. The number of aryl methyl sites for hydroxylation is 1. The van der Waals surface area contributed by atoms with Crippen LogP contribution in [-0.2, 0) is 16.0 Å². The van der Waals surface area contributed by atoms with Crippen molar-refractivity contribution in [3.63, 3.8) is 0 Å². The van der Waals surface area contributed by atoms with Crippen molar-refractivity contribution in [1.29, 1.82) is 0 Å². The van der Waals surface area contributed by atoms with Crippen LogP contribution in [0.3, 0.4) is 0 Å². The number of carboxylic acid groups (broad SMARTS) is 1. The van der Waals surface area contributed by atoms with Crippen molar-refractivity contribution < 1.29 is 19.6 Å². The van der Waals surface area contributed by atoms with Crippen LogP contribution in [-0.4, -0.2) is 39.9 Å². The van der Waals surface area contributed by atoms with Crippen molar-refractivity contribution in [2.45, 2.75) is 33.1 Å². The molecule has 0 aromatic heterocycles. The lowest BCUT2D eigenvalue weighted by atomic mass is 10.1. The molecule has 0 unspecified atom stereocenters. The number of nitro groups is 1. The number of carboxylic acids is 1. The fraction of sp³-hybridized carbons (Fsp3) is 0.500. The average molecular weight is 322 g/mol. The molecule has 0 aliphatic carbocycles. The van der Waals surface area contributed by atoms with E-state index in [2.05, 4.69) is 0 Å². The summed E-state index contributed by atoms with van der Waals surface area (Å²) < 4.78 is 0. The number of nitrogens with zero attached hydrogens (tertiary/aromatic N) is 2. The van der Waals surface area contributed by atoms with Gasteiger partial charge in [0.2, 0.25) is 5.91 Å². The van der Waals surface area contributed by atoms with Gasteiger partial charge in [0, 0.05) is 31.6 Å². The van der Waals surface area contributed by atoms with Crippen LogP contribution in [0.25, 0.3) is 0 Å². The van der Waals surface area contributed by atoms with Gasteiger partial charge in [-0.05, 0) is 17.9 Å². The van der Waals surface area contributed by atoms with Gasteiger partial charge in [-0.25, -0.2) is 0 Å². The number of nitro benzene ring substituents is 1. The molecule has 7 heteroatoms. The number of hydrogen-bond acceptors (Lipinski definition) is 4. The number of aliphatic carboxylic acids is 1. The van der Waals surface area contributed by atoms with Gasteiger partial charge in [0.25, 0.3) is 5.69 Å². The van der Waals surface area contributed by atoms with E-state index in [1.54, 1.807) is 17.0 Å². The number of carbonyl (C=O) groups is 2. The molecule has 1 aromatic carbocycles. The van der Waals surface area contributed by atoms with Gasteiger partial charge in [-0.15, -0.1) is 0 Å². The highest BCUT2D eigenvalue weighted by atomic mass is 16.6. The minimum Gasteiger partial charge on any atom is -0.481 e. The molecule has 1 amide bonds. The second-order valence-corrected chi connectivity index (χ2v) is 5.80. The molecule has 1 aromatic rings. The van der Waals surface area contributed by atoms with Crippen LogP contribution in [0.4, 0.5) is 5.69 Å². The molecular weight excluding hydrogens is 300 g/mol.